The van der Waals surface area contributed by atoms with Gasteiger partial charge < -0.3 is 4.42 Å². The minimum absolute atomic E-state index is 0.601. The number of furan rings is 1. The van der Waals surface area contributed by atoms with E-state index in [1.165, 1.54) is 11.1 Å². The van der Waals surface area contributed by atoms with Crippen LogP contribution in [0.2, 0.25) is 0 Å². The van der Waals surface area contributed by atoms with Gasteiger partial charge in [0, 0.05) is 33.0 Å². The van der Waals surface area contributed by atoms with Crippen LogP contribution in [0, 0.1) is 0 Å². The molecule has 0 saturated carbocycles. The first-order valence-electron chi connectivity index (χ1n) is 15.1. The van der Waals surface area contributed by atoms with Crippen LogP contribution in [-0.4, -0.2) is 19.9 Å². The molecule has 3 aromatic heterocycles. The lowest BCUT2D eigenvalue weighted by molar-refractivity contribution is 0.669. The van der Waals surface area contributed by atoms with Crippen molar-refractivity contribution in [1.82, 2.24) is 19.9 Å². The van der Waals surface area contributed by atoms with Gasteiger partial charge in [0.2, 0.25) is 0 Å². The van der Waals surface area contributed by atoms with Crippen molar-refractivity contribution in [3.05, 3.63) is 146 Å². The van der Waals surface area contributed by atoms with Crippen molar-refractivity contribution in [2.45, 2.75) is 0 Å². The molecule has 216 valence electrons. The fourth-order valence-electron chi connectivity index (χ4n) is 5.95. The summed E-state index contributed by atoms with van der Waals surface area (Å²) < 4.78 is 7.26. The minimum atomic E-state index is 0.601. The number of rotatable bonds is 5. The molecular formula is C40H24N4OS. The predicted octanol–water partition coefficient (Wildman–Crippen LogP) is 10.7. The predicted molar refractivity (Wildman–Crippen MR) is 187 cm³/mol. The second-order valence-corrected chi connectivity index (χ2v) is 12.1. The molecule has 0 atom stereocenters. The van der Waals surface area contributed by atoms with Gasteiger partial charge >= 0.3 is 0 Å². The quantitative estimate of drug-likeness (QED) is 0.194. The average molecular weight is 609 g/mol. The Morgan fingerprint density at radius 2 is 1.09 bits per heavy atom. The first-order valence-corrected chi connectivity index (χ1v) is 15.9. The van der Waals surface area contributed by atoms with E-state index in [1.54, 1.807) is 11.3 Å². The number of hydrogen-bond donors (Lipinski definition) is 0. The maximum atomic E-state index is 6.19. The summed E-state index contributed by atoms with van der Waals surface area (Å²) in [5.41, 5.74) is 8.78. The number of thiazole rings is 1. The molecule has 0 spiro atoms. The van der Waals surface area contributed by atoms with Crippen molar-refractivity contribution in [3.63, 3.8) is 0 Å². The zero-order valence-corrected chi connectivity index (χ0v) is 25.3. The molecule has 0 bridgehead atoms. The Morgan fingerprint density at radius 1 is 0.435 bits per heavy atom. The highest BCUT2D eigenvalue weighted by Gasteiger charge is 2.18. The van der Waals surface area contributed by atoms with E-state index in [0.29, 0.717) is 17.5 Å². The Morgan fingerprint density at radius 3 is 1.93 bits per heavy atom. The summed E-state index contributed by atoms with van der Waals surface area (Å²) in [5.74, 6) is 1.83. The number of aromatic nitrogens is 4. The van der Waals surface area contributed by atoms with Gasteiger partial charge in [0.1, 0.15) is 16.2 Å². The molecule has 0 aliphatic rings. The molecule has 0 N–H and O–H groups in total. The van der Waals surface area contributed by atoms with Gasteiger partial charge in [-0.1, -0.05) is 109 Å². The lowest BCUT2D eigenvalue weighted by atomic mass is 10.0. The number of fused-ring (bicyclic) bond motifs is 4. The van der Waals surface area contributed by atoms with Gasteiger partial charge in [0.05, 0.1) is 10.2 Å². The summed E-state index contributed by atoms with van der Waals surface area (Å²) in [5, 5.41) is 3.01. The molecule has 0 radical (unpaired) electrons. The van der Waals surface area contributed by atoms with E-state index >= 15 is 0 Å². The van der Waals surface area contributed by atoms with Gasteiger partial charge in [-0.2, -0.15) is 0 Å². The molecule has 9 rings (SSSR count). The van der Waals surface area contributed by atoms with Gasteiger partial charge in [0.25, 0.3) is 0 Å². The van der Waals surface area contributed by atoms with E-state index in [4.69, 9.17) is 24.4 Å². The van der Waals surface area contributed by atoms with Crippen molar-refractivity contribution >= 4 is 43.5 Å². The second-order valence-electron chi connectivity index (χ2n) is 11.1. The molecule has 6 heteroatoms. The Hall–Kier alpha value is -5.98. The third-order valence-corrected chi connectivity index (χ3v) is 9.24. The monoisotopic (exact) mass is 608 g/mol. The van der Waals surface area contributed by atoms with Crippen molar-refractivity contribution in [3.8, 4) is 55.9 Å². The molecule has 9 aromatic rings. The molecule has 0 fully saturated rings. The Bertz CT molecular complexity index is 2540. The van der Waals surface area contributed by atoms with Crippen molar-refractivity contribution in [2.75, 3.05) is 0 Å². The molecule has 3 heterocycles. The molecule has 0 unspecified atom stereocenters. The standard InChI is InChI=1S/C40H24N4OS/c1-3-11-25(12-4-1)27-15-9-16-29(23-27)40-41-32-22-21-28(24-35(32)46-40)38-42-37(26-13-5-2-6-14-26)43-39(44-38)31-18-10-20-34-36(31)30-17-7-8-19-33(30)45-34/h1-24H. The summed E-state index contributed by atoms with van der Waals surface area (Å²) in [6, 6.07) is 49.4. The topological polar surface area (TPSA) is 64.7 Å². The van der Waals surface area contributed by atoms with E-state index < -0.39 is 0 Å². The van der Waals surface area contributed by atoms with Crippen LogP contribution in [0.4, 0.5) is 0 Å². The SMILES string of the molecule is c1ccc(-c2cccc(-c3nc4ccc(-c5nc(-c6ccccc6)nc(-c6cccc7oc8ccccc8c67)n5)cc4s3)c2)cc1. The number of nitrogens with zero attached hydrogens (tertiary/aromatic N) is 4. The van der Waals surface area contributed by atoms with Crippen LogP contribution < -0.4 is 0 Å². The number of benzene rings is 6. The van der Waals surface area contributed by atoms with Crippen molar-refractivity contribution in [2.24, 2.45) is 0 Å². The highest BCUT2D eigenvalue weighted by atomic mass is 32.1. The fraction of sp³-hybridized carbons (Fsp3) is 0. The van der Waals surface area contributed by atoms with Crippen molar-refractivity contribution in [1.29, 1.82) is 0 Å². The summed E-state index contributed by atoms with van der Waals surface area (Å²) in [6.45, 7) is 0. The molecule has 0 saturated heterocycles. The van der Waals surface area contributed by atoms with E-state index in [0.717, 1.165) is 59.4 Å². The smallest absolute Gasteiger partial charge is 0.164 e. The zero-order chi connectivity index (χ0) is 30.5. The van der Waals surface area contributed by atoms with E-state index in [1.807, 2.05) is 72.8 Å². The summed E-state index contributed by atoms with van der Waals surface area (Å²) in [6.07, 6.45) is 0. The van der Waals surface area contributed by atoms with E-state index in [2.05, 4.69) is 72.8 Å². The van der Waals surface area contributed by atoms with Crippen molar-refractivity contribution < 1.29 is 4.42 Å². The summed E-state index contributed by atoms with van der Waals surface area (Å²) >= 11 is 1.67. The van der Waals surface area contributed by atoms with Gasteiger partial charge in [-0.25, -0.2) is 19.9 Å². The van der Waals surface area contributed by atoms with Gasteiger partial charge in [-0.05, 0) is 47.5 Å². The lowest BCUT2D eigenvalue weighted by Gasteiger charge is -2.09. The van der Waals surface area contributed by atoms with Gasteiger partial charge in [-0.3, -0.25) is 0 Å². The molecule has 6 aromatic carbocycles. The normalized spacial score (nSPS) is 11.5. The Kier molecular flexibility index (Phi) is 6.25. The maximum Gasteiger partial charge on any atom is 0.164 e. The van der Waals surface area contributed by atoms with Gasteiger partial charge in [-0.15, -0.1) is 11.3 Å². The molecule has 0 aliphatic heterocycles. The fourth-order valence-corrected chi connectivity index (χ4v) is 6.95. The minimum Gasteiger partial charge on any atom is -0.456 e. The Balaban J connectivity index is 1.18. The Labute approximate surface area is 268 Å². The molecular weight excluding hydrogens is 585 g/mol. The van der Waals surface area contributed by atoms with Crippen LogP contribution in [0.5, 0.6) is 0 Å². The largest absolute Gasteiger partial charge is 0.456 e. The number of hydrogen-bond acceptors (Lipinski definition) is 6. The maximum absolute atomic E-state index is 6.19. The number of para-hydroxylation sites is 1. The molecule has 5 nitrogen and oxygen atoms in total. The second kappa shape index (κ2) is 10.9. The van der Waals surface area contributed by atoms with E-state index in [9.17, 15) is 0 Å². The van der Waals surface area contributed by atoms with Crippen LogP contribution in [0.1, 0.15) is 0 Å². The van der Waals surface area contributed by atoms with Crippen LogP contribution in [-0.2, 0) is 0 Å². The summed E-state index contributed by atoms with van der Waals surface area (Å²) in [4.78, 5) is 20.1. The van der Waals surface area contributed by atoms with Gasteiger partial charge in [0.15, 0.2) is 17.5 Å². The van der Waals surface area contributed by atoms with Crippen LogP contribution in [0.15, 0.2) is 150 Å². The molecule has 0 amide bonds. The van der Waals surface area contributed by atoms with Crippen LogP contribution in [0.3, 0.4) is 0 Å². The third kappa shape index (κ3) is 4.64. The highest BCUT2D eigenvalue weighted by molar-refractivity contribution is 7.21. The first kappa shape index (κ1) is 26.4. The third-order valence-electron chi connectivity index (χ3n) is 8.17. The lowest BCUT2D eigenvalue weighted by Crippen LogP contribution is -2.00. The van der Waals surface area contributed by atoms with E-state index in [-0.39, 0.29) is 0 Å². The zero-order valence-electron chi connectivity index (χ0n) is 24.5. The molecule has 46 heavy (non-hydrogen) atoms. The van der Waals surface area contributed by atoms with Crippen LogP contribution >= 0.6 is 11.3 Å². The molecule has 0 aliphatic carbocycles. The average Bonchev–Trinajstić information content (AvgIpc) is 3.74. The van der Waals surface area contributed by atoms with Crippen LogP contribution in [0.25, 0.3) is 88.0 Å². The first-order chi connectivity index (χ1) is 22.8. The highest BCUT2D eigenvalue weighted by Crippen LogP contribution is 2.38. The summed E-state index contributed by atoms with van der Waals surface area (Å²) in [7, 11) is 0.